The van der Waals surface area contributed by atoms with Crippen molar-refractivity contribution in [3.63, 3.8) is 0 Å². The minimum Gasteiger partial charge on any atom is -0.379 e. The van der Waals surface area contributed by atoms with Gasteiger partial charge in [-0.25, -0.2) is 0 Å². The van der Waals surface area contributed by atoms with Crippen LogP contribution in [0.25, 0.3) is 0 Å². The standard InChI is InChI=1S/C6H9N3O/c1-3-4(2)8-9-6(7)5(3)10/h1-2H3,(H2,7,9)(H,8,10). The van der Waals surface area contributed by atoms with Gasteiger partial charge in [-0.1, -0.05) is 0 Å². The third-order valence-electron chi connectivity index (χ3n) is 1.48. The van der Waals surface area contributed by atoms with Gasteiger partial charge >= 0.3 is 0 Å². The Morgan fingerprint density at radius 1 is 1.50 bits per heavy atom. The number of aryl methyl sites for hydroxylation is 1. The number of H-pyrrole nitrogens is 1. The average molecular weight is 139 g/mol. The predicted molar refractivity (Wildman–Crippen MR) is 38.7 cm³/mol. The van der Waals surface area contributed by atoms with Crippen molar-refractivity contribution in [1.29, 1.82) is 0 Å². The van der Waals surface area contributed by atoms with Gasteiger partial charge in [0.15, 0.2) is 5.82 Å². The van der Waals surface area contributed by atoms with E-state index in [-0.39, 0.29) is 11.2 Å². The van der Waals surface area contributed by atoms with Gasteiger partial charge in [0, 0.05) is 11.3 Å². The Morgan fingerprint density at radius 2 is 2.10 bits per heavy atom. The SMILES string of the molecule is Cc1[nH]nc(N)c(=O)c1C. The minimum atomic E-state index is -0.184. The van der Waals surface area contributed by atoms with E-state index in [0.717, 1.165) is 5.69 Å². The number of hydrogen-bond acceptors (Lipinski definition) is 3. The van der Waals surface area contributed by atoms with Gasteiger partial charge in [-0.15, -0.1) is 0 Å². The summed E-state index contributed by atoms with van der Waals surface area (Å²) in [6.07, 6.45) is 0. The number of nitrogen functional groups attached to an aromatic ring is 1. The fourth-order valence-corrected chi connectivity index (χ4v) is 0.641. The summed E-state index contributed by atoms with van der Waals surface area (Å²) in [6, 6.07) is 0. The second-order valence-electron chi connectivity index (χ2n) is 2.19. The fraction of sp³-hybridized carbons (Fsp3) is 0.333. The maximum atomic E-state index is 11.0. The molecule has 3 N–H and O–H groups in total. The van der Waals surface area contributed by atoms with E-state index in [0.29, 0.717) is 5.56 Å². The lowest BCUT2D eigenvalue weighted by Crippen LogP contribution is -2.15. The van der Waals surface area contributed by atoms with Crippen molar-refractivity contribution >= 4 is 5.82 Å². The monoisotopic (exact) mass is 139 g/mol. The van der Waals surface area contributed by atoms with Gasteiger partial charge in [0.25, 0.3) is 0 Å². The summed E-state index contributed by atoms with van der Waals surface area (Å²) in [5.41, 5.74) is 6.45. The Morgan fingerprint density at radius 3 is 2.60 bits per heavy atom. The molecule has 4 heteroatoms. The van der Waals surface area contributed by atoms with Crippen LogP contribution in [0.5, 0.6) is 0 Å². The average Bonchev–Trinajstić information content (AvgIpc) is 1.93. The molecule has 0 unspecified atom stereocenters. The molecule has 0 saturated carbocycles. The van der Waals surface area contributed by atoms with E-state index in [4.69, 9.17) is 5.73 Å². The Balaban J connectivity index is 3.50. The third kappa shape index (κ3) is 0.877. The molecule has 0 radical (unpaired) electrons. The summed E-state index contributed by atoms with van der Waals surface area (Å²) in [6.45, 7) is 3.50. The van der Waals surface area contributed by atoms with Crippen molar-refractivity contribution in [3.8, 4) is 0 Å². The molecule has 0 bridgehead atoms. The maximum Gasteiger partial charge on any atom is 0.226 e. The maximum absolute atomic E-state index is 11.0. The summed E-state index contributed by atoms with van der Waals surface area (Å²) in [4.78, 5) is 11.0. The fourth-order valence-electron chi connectivity index (χ4n) is 0.641. The zero-order valence-electron chi connectivity index (χ0n) is 5.93. The van der Waals surface area contributed by atoms with E-state index in [1.807, 2.05) is 0 Å². The van der Waals surface area contributed by atoms with Crippen LogP contribution in [-0.2, 0) is 0 Å². The Bertz CT molecular complexity index is 302. The normalized spacial score (nSPS) is 9.80. The van der Waals surface area contributed by atoms with Crippen LogP contribution in [0.2, 0.25) is 0 Å². The van der Waals surface area contributed by atoms with Crippen LogP contribution in [0.1, 0.15) is 11.3 Å². The largest absolute Gasteiger partial charge is 0.379 e. The van der Waals surface area contributed by atoms with Crippen LogP contribution in [0.4, 0.5) is 5.82 Å². The van der Waals surface area contributed by atoms with Crippen molar-refractivity contribution in [3.05, 3.63) is 21.5 Å². The number of rotatable bonds is 0. The molecular weight excluding hydrogens is 130 g/mol. The molecule has 0 fully saturated rings. The van der Waals surface area contributed by atoms with Crippen LogP contribution in [0, 0.1) is 13.8 Å². The predicted octanol–water partition coefficient (Wildman–Crippen LogP) is -0.0311. The molecule has 0 saturated heterocycles. The quantitative estimate of drug-likeness (QED) is 0.530. The number of aromatic nitrogens is 2. The lowest BCUT2D eigenvalue weighted by molar-refractivity contribution is 0.957. The first-order valence-electron chi connectivity index (χ1n) is 2.94. The molecule has 0 atom stereocenters. The van der Waals surface area contributed by atoms with Gasteiger partial charge in [-0.05, 0) is 13.8 Å². The summed E-state index contributed by atoms with van der Waals surface area (Å²) >= 11 is 0. The van der Waals surface area contributed by atoms with Crippen molar-refractivity contribution < 1.29 is 0 Å². The number of nitrogens with two attached hydrogens (primary N) is 1. The lowest BCUT2D eigenvalue weighted by atomic mass is 10.2. The number of nitrogens with zero attached hydrogens (tertiary/aromatic N) is 1. The Labute approximate surface area is 58.1 Å². The first-order valence-corrected chi connectivity index (χ1v) is 2.94. The van der Waals surface area contributed by atoms with Crippen LogP contribution < -0.4 is 11.2 Å². The summed E-state index contributed by atoms with van der Waals surface area (Å²) < 4.78 is 0. The molecule has 0 aliphatic rings. The molecular formula is C6H9N3O. The van der Waals surface area contributed by atoms with Gasteiger partial charge in [-0.2, -0.15) is 5.10 Å². The molecule has 0 amide bonds. The van der Waals surface area contributed by atoms with Crippen molar-refractivity contribution in [2.24, 2.45) is 0 Å². The van der Waals surface area contributed by atoms with Crippen molar-refractivity contribution in [2.45, 2.75) is 13.8 Å². The van der Waals surface area contributed by atoms with E-state index < -0.39 is 0 Å². The highest BCUT2D eigenvalue weighted by atomic mass is 16.1. The Kier molecular flexibility index (Phi) is 1.45. The summed E-state index contributed by atoms with van der Waals surface area (Å²) in [5, 5.41) is 6.21. The van der Waals surface area contributed by atoms with E-state index >= 15 is 0 Å². The molecule has 1 aromatic rings. The van der Waals surface area contributed by atoms with E-state index in [9.17, 15) is 4.79 Å². The highest BCUT2D eigenvalue weighted by Crippen LogP contribution is 1.94. The second-order valence-corrected chi connectivity index (χ2v) is 2.19. The van der Waals surface area contributed by atoms with Crippen LogP contribution in [0.3, 0.4) is 0 Å². The molecule has 0 aromatic carbocycles. The second kappa shape index (κ2) is 2.13. The van der Waals surface area contributed by atoms with E-state index in [2.05, 4.69) is 10.2 Å². The minimum absolute atomic E-state index is 0.0306. The molecule has 0 spiro atoms. The number of aromatic amines is 1. The highest BCUT2D eigenvalue weighted by Gasteiger charge is 2.00. The van der Waals surface area contributed by atoms with Crippen molar-refractivity contribution in [1.82, 2.24) is 10.2 Å². The molecule has 0 aliphatic heterocycles. The van der Waals surface area contributed by atoms with E-state index in [1.165, 1.54) is 0 Å². The molecule has 10 heavy (non-hydrogen) atoms. The zero-order valence-corrected chi connectivity index (χ0v) is 5.93. The van der Waals surface area contributed by atoms with Gasteiger partial charge in [0.05, 0.1) is 0 Å². The number of hydrogen-bond donors (Lipinski definition) is 2. The Hall–Kier alpha value is -1.32. The topological polar surface area (TPSA) is 71.8 Å². The van der Waals surface area contributed by atoms with Gasteiger partial charge in [-0.3, -0.25) is 9.89 Å². The van der Waals surface area contributed by atoms with Crippen LogP contribution in [0.15, 0.2) is 4.79 Å². The van der Waals surface area contributed by atoms with E-state index in [1.54, 1.807) is 13.8 Å². The van der Waals surface area contributed by atoms with Gasteiger partial charge in [0.1, 0.15) is 0 Å². The van der Waals surface area contributed by atoms with Crippen LogP contribution >= 0.6 is 0 Å². The molecule has 4 nitrogen and oxygen atoms in total. The molecule has 1 rings (SSSR count). The summed E-state index contributed by atoms with van der Waals surface area (Å²) in [7, 11) is 0. The van der Waals surface area contributed by atoms with Gasteiger partial charge in [0.2, 0.25) is 5.43 Å². The molecule has 1 heterocycles. The number of nitrogens with one attached hydrogen (secondary N) is 1. The number of anilines is 1. The first-order chi connectivity index (χ1) is 4.63. The highest BCUT2D eigenvalue weighted by molar-refractivity contribution is 5.31. The van der Waals surface area contributed by atoms with Crippen molar-refractivity contribution in [2.75, 3.05) is 5.73 Å². The van der Waals surface area contributed by atoms with Gasteiger partial charge < -0.3 is 5.73 Å². The first kappa shape index (κ1) is 6.80. The lowest BCUT2D eigenvalue weighted by Gasteiger charge is -1.97. The van der Waals surface area contributed by atoms with Crippen LogP contribution in [-0.4, -0.2) is 10.2 Å². The zero-order chi connectivity index (χ0) is 7.72. The summed E-state index contributed by atoms with van der Waals surface area (Å²) in [5.74, 6) is 0.0306. The smallest absolute Gasteiger partial charge is 0.226 e. The molecule has 0 aliphatic carbocycles. The molecule has 1 aromatic heterocycles. The molecule has 54 valence electrons. The third-order valence-corrected chi connectivity index (χ3v) is 1.48.